The van der Waals surface area contributed by atoms with Crippen molar-refractivity contribution in [2.75, 3.05) is 13.1 Å². The van der Waals surface area contributed by atoms with E-state index in [1.165, 1.54) is 18.4 Å². The van der Waals surface area contributed by atoms with Crippen LogP contribution < -0.4 is 0 Å². The molecule has 1 aliphatic carbocycles. The Balaban J connectivity index is 2.01. The lowest BCUT2D eigenvalue weighted by molar-refractivity contribution is 0.0693. The second-order valence-corrected chi connectivity index (χ2v) is 4.98. The summed E-state index contributed by atoms with van der Waals surface area (Å²) in [6, 6.07) is 6.04. The molecule has 1 atom stereocenters. The molecule has 1 unspecified atom stereocenters. The van der Waals surface area contributed by atoms with Crippen molar-refractivity contribution in [2.45, 2.75) is 31.7 Å². The SMILES string of the molecule is O=C(O)c1cccc2c1C(N1CCCC1)CC2. The Morgan fingerprint density at radius 2 is 2.06 bits per heavy atom. The van der Waals surface area contributed by atoms with E-state index >= 15 is 0 Å². The van der Waals surface area contributed by atoms with E-state index in [1.807, 2.05) is 6.07 Å². The summed E-state index contributed by atoms with van der Waals surface area (Å²) in [4.78, 5) is 13.8. The smallest absolute Gasteiger partial charge is 0.336 e. The highest BCUT2D eigenvalue weighted by atomic mass is 16.4. The number of fused-ring (bicyclic) bond motifs is 1. The van der Waals surface area contributed by atoms with Gasteiger partial charge in [-0.1, -0.05) is 12.1 Å². The molecule has 90 valence electrons. The zero-order valence-electron chi connectivity index (χ0n) is 9.85. The number of nitrogens with zero attached hydrogens (tertiary/aromatic N) is 1. The van der Waals surface area contributed by atoms with Gasteiger partial charge >= 0.3 is 5.97 Å². The molecule has 3 heteroatoms. The van der Waals surface area contributed by atoms with E-state index < -0.39 is 5.97 Å². The topological polar surface area (TPSA) is 40.5 Å². The largest absolute Gasteiger partial charge is 0.478 e. The van der Waals surface area contributed by atoms with Crippen LogP contribution in [-0.4, -0.2) is 29.1 Å². The molecule has 1 heterocycles. The maximum Gasteiger partial charge on any atom is 0.336 e. The standard InChI is InChI=1S/C14H17NO2/c16-14(17)11-5-3-4-10-6-7-12(13(10)11)15-8-1-2-9-15/h3-5,12H,1-2,6-9H2,(H,16,17). The maximum absolute atomic E-state index is 11.3. The van der Waals surface area contributed by atoms with Crippen LogP contribution in [0.25, 0.3) is 0 Å². The first-order valence-electron chi connectivity index (χ1n) is 6.36. The molecule has 1 aromatic rings. The minimum Gasteiger partial charge on any atom is -0.478 e. The third kappa shape index (κ3) is 1.75. The fourth-order valence-electron chi connectivity index (χ4n) is 3.27. The zero-order chi connectivity index (χ0) is 11.8. The number of likely N-dealkylation sites (tertiary alicyclic amines) is 1. The number of aryl methyl sites for hydroxylation is 1. The molecular formula is C14H17NO2. The molecule has 0 radical (unpaired) electrons. The molecule has 1 aromatic carbocycles. The first-order chi connectivity index (χ1) is 8.27. The molecule has 0 spiro atoms. The molecule has 1 fully saturated rings. The van der Waals surface area contributed by atoms with Gasteiger partial charge in [-0.25, -0.2) is 4.79 Å². The van der Waals surface area contributed by atoms with E-state index in [0.29, 0.717) is 11.6 Å². The van der Waals surface area contributed by atoms with Crippen molar-refractivity contribution in [3.05, 3.63) is 34.9 Å². The highest BCUT2D eigenvalue weighted by Gasteiger charge is 2.32. The molecule has 0 saturated carbocycles. The van der Waals surface area contributed by atoms with Crippen LogP contribution >= 0.6 is 0 Å². The van der Waals surface area contributed by atoms with Crippen molar-refractivity contribution in [1.82, 2.24) is 4.90 Å². The Morgan fingerprint density at radius 1 is 1.29 bits per heavy atom. The van der Waals surface area contributed by atoms with Crippen LogP contribution in [0.15, 0.2) is 18.2 Å². The van der Waals surface area contributed by atoms with Crippen LogP contribution in [0.1, 0.15) is 46.8 Å². The van der Waals surface area contributed by atoms with Crippen molar-refractivity contribution < 1.29 is 9.90 Å². The van der Waals surface area contributed by atoms with Gasteiger partial charge in [0.1, 0.15) is 0 Å². The van der Waals surface area contributed by atoms with Crippen LogP contribution in [0.3, 0.4) is 0 Å². The summed E-state index contributed by atoms with van der Waals surface area (Å²) in [6.07, 6.45) is 4.61. The van der Waals surface area contributed by atoms with Crippen LogP contribution in [0.2, 0.25) is 0 Å². The molecule has 17 heavy (non-hydrogen) atoms. The van der Waals surface area contributed by atoms with Gasteiger partial charge in [0.2, 0.25) is 0 Å². The molecule has 1 N–H and O–H groups in total. The predicted molar refractivity (Wildman–Crippen MR) is 65.3 cm³/mol. The Labute approximate surface area is 101 Å². The Kier molecular flexibility index (Phi) is 2.63. The van der Waals surface area contributed by atoms with Gasteiger partial charge in [-0.15, -0.1) is 0 Å². The molecular weight excluding hydrogens is 214 g/mol. The van der Waals surface area contributed by atoms with Gasteiger partial charge < -0.3 is 5.11 Å². The summed E-state index contributed by atoms with van der Waals surface area (Å²) >= 11 is 0. The van der Waals surface area contributed by atoms with E-state index in [4.69, 9.17) is 0 Å². The van der Waals surface area contributed by atoms with E-state index in [0.717, 1.165) is 31.5 Å². The molecule has 3 nitrogen and oxygen atoms in total. The number of hydrogen-bond acceptors (Lipinski definition) is 2. The quantitative estimate of drug-likeness (QED) is 0.850. The summed E-state index contributed by atoms with van der Waals surface area (Å²) in [5, 5.41) is 9.29. The highest BCUT2D eigenvalue weighted by molar-refractivity contribution is 5.90. The number of carbonyl (C=O) groups is 1. The number of rotatable bonds is 2. The molecule has 1 aliphatic heterocycles. The van der Waals surface area contributed by atoms with Crippen molar-refractivity contribution in [2.24, 2.45) is 0 Å². The molecule has 0 aromatic heterocycles. The number of carboxylic acids is 1. The summed E-state index contributed by atoms with van der Waals surface area (Å²) in [7, 11) is 0. The van der Waals surface area contributed by atoms with Crippen molar-refractivity contribution in [1.29, 1.82) is 0 Å². The average molecular weight is 231 g/mol. The fraction of sp³-hybridized carbons (Fsp3) is 0.500. The number of carboxylic acid groups (broad SMARTS) is 1. The minimum atomic E-state index is -0.784. The number of benzene rings is 1. The zero-order valence-corrected chi connectivity index (χ0v) is 9.85. The minimum absolute atomic E-state index is 0.347. The Bertz CT molecular complexity index is 450. The molecule has 1 saturated heterocycles. The first kappa shape index (κ1) is 10.8. The van der Waals surface area contributed by atoms with Gasteiger partial charge in [0.25, 0.3) is 0 Å². The fourth-order valence-corrected chi connectivity index (χ4v) is 3.27. The van der Waals surface area contributed by atoms with Crippen LogP contribution in [-0.2, 0) is 6.42 Å². The number of aromatic carboxylic acids is 1. The lowest BCUT2D eigenvalue weighted by Crippen LogP contribution is -2.25. The molecule has 2 aliphatic rings. The average Bonchev–Trinajstić information content (AvgIpc) is 2.96. The van der Waals surface area contributed by atoms with Crippen molar-refractivity contribution in [3.63, 3.8) is 0 Å². The lowest BCUT2D eigenvalue weighted by atomic mass is 10.00. The van der Waals surface area contributed by atoms with Crippen molar-refractivity contribution in [3.8, 4) is 0 Å². The van der Waals surface area contributed by atoms with E-state index in [2.05, 4.69) is 11.0 Å². The van der Waals surface area contributed by atoms with Gasteiger partial charge in [-0.3, -0.25) is 4.90 Å². The first-order valence-corrected chi connectivity index (χ1v) is 6.36. The van der Waals surface area contributed by atoms with E-state index in [9.17, 15) is 9.90 Å². The van der Waals surface area contributed by atoms with Crippen molar-refractivity contribution >= 4 is 5.97 Å². The van der Waals surface area contributed by atoms with Gasteiger partial charge in [-0.2, -0.15) is 0 Å². The van der Waals surface area contributed by atoms with E-state index in [-0.39, 0.29) is 0 Å². The van der Waals surface area contributed by atoms with Crippen LogP contribution in [0.4, 0.5) is 0 Å². The third-order valence-corrected chi connectivity index (χ3v) is 4.03. The molecule has 0 amide bonds. The van der Waals surface area contributed by atoms with Crippen LogP contribution in [0, 0.1) is 0 Å². The van der Waals surface area contributed by atoms with Gasteiger partial charge in [0, 0.05) is 6.04 Å². The monoisotopic (exact) mass is 231 g/mol. The van der Waals surface area contributed by atoms with Gasteiger partial charge in [0.05, 0.1) is 5.56 Å². The second-order valence-electron chi connectivity index (χ2n) is 4.98. The van der Waals surface area contributed by atoms with Gasteiger partial charge in [0.15, 0.2) is 0 Å². The molecule has 0 bridgehead atoms. The Hall–Kier alpha value is -1.35. The Morgan fingerprint density at radius 3 is 2.76 bits per heavy atom. The van der Waals surface area contributed by atoms with E-state index in [1.54, 1.807) is 6.07 Å². The summed E-state index contributed by atoms with van der Waals surface area (Å²) < 4.78 is 0. The lowest BCUT2D eigenvalue weighted by Gasteiger charge is -2.25. The maximum atomic E-state index is 11.3. The van der Waals surface area contributed by atoms with Gasteiger partial charge in [-0.05, 0) is 56.0 Å². The summed E-state index contributed by atoms with van der Waals surface area (Å²) in [5.41, 5.74) is 2.83. The molecule has 3 rings (SSSR count). The highest BCUT2D eigenvalue weighted by Crippen LogP contribution is 2.39. The van der Waals surface area contributed by atoms with Crippen LogP contribution in [0.5, 0.6) is 0 Å². The number of hydrogen-bond donors (Lipinski definition) is 1. The summed E-state index contributed by atoms with van der Waals surface area (Å²) in [6.45, 7) is 2.25. The predicted octanol–water partition coefficient (Wildman–Crippen LogP) is 2.47. The second kappa shape index (κ2) is 4.15. The third-order valence-electron chi connectivity index (χ3n) is 4.03. The summed E-state index contributed by atoms with van der Waals surface area (Å²) in [5.74, 6) is -0.784. The normalized spacial score (nSPS) is 23.9.